The predicted molar refractivity (Wildman–Crippen MR) is 54.7 cm³/mol. The fourth-order valence-electron chi connectivity index (χ4n) is 0.744. The molecule has 0 fully saturated rings. The summed E-state index contributed by atoms with van der Waals surface area (Å²) in [6, 6.07) is 1.86. The Kier molecular flexibility index (Phi) is 3.69. The Morgan fingerprint density at radius 2 is 2.36 bits per heavy atom. The quantitative estimate of drug-likeness (QED) is 0.754. The first kappa shape index (κ1) is 11.2. The highest BCUT2D eigenvalue weighted by molar-refractivity contribution is 7.09. The van der Waals surface area contributed by atoms with Crippen molar-refractivity contribution in [3.05, 3.63) is 15.1 Å². The van der Waals surface area contributed by atoms with Crippen LogP contribution in [-0.2, 0) is 0 Å². The molecule has 7 heteroatoms. The van der Waals surface area contributed by atoms with Gasteiger partial charge in [0.05, 0.1) is 6.07 Å². The summed E-state index contributed by atoms with van der Waals surface area (Å²) in [6.45, 7) is 0.00464. The Morgan fingerprint density at radius 3 is 2.79 bits per heavy atom. The van der Waals surface area contributed by atoms with Gasteiger partial charge in [0.2, 0.25) is 0 Å². The summed E-state index contributed by atoms with van der Waals surface area (Å²) in [6.07, 6.45) is 0. The number of carbonyl (C=O) groups excluding carboxylic acids is 1. The van der Waals surface area contributed by atoms with E-state index < -0.39 is 0 Å². The first-order valence-corrected chi connectivity index (χ1v) is 5.04. The maximum absolute atomic E-state index is 11.6. The Balaban J connectivity index is 2.91. The van der Waals surface area contributed by atoms with E-state index >= 15 is 0 Å². The molecule has 0 aromatic carbocycles. The standard InChI is InChI=1S/C7H5Cl2N3OS/c1-12(3-2-10)7(13)5-4(8)6(9)11-14-5/h3H2,1H3. The summed E-state index contributed by atoms with van der Waals surface area (Å²) < 4.78 is 3.72. The van der Waals surface area contributed by atoms with E-state index in [1.165, 1.54) is 11.9 Å². The zero-order chi connectivity index (χ0) is 10.7. The molecule has 0 spiro atoms. The van der Waals surface area contributed by atoms with Crippen molar-refractivity contribution >= 4 is 40.6 Å². The van der Waals surface area contributed by atoms with Gasteiger partial charge in [-0.05, 0) is 11.5 Å². The van der Waals surface area contributed by atoms with Crippen molar-refractivity contribution in [2.24, 2.45) is 0 Å². The number of aromatic nitrogens is 1. The molecule has 0 aliphatic carbocycles. The van der Waals surface area contributed by atoms with Crippen LogP contribution < -0.4 is 0 Å². The molecule has 0 radical (unpaired) electrons. The van der Waals surface area contributed by atoms with Gasteiger partial charge in [0, 0.05) is 7.05 Å². The lowest BCUT2D eigenvalue weighted by atomic mass is 10.4. The van der Waals surface area contributed by atoms with E-state index in [1.54, 1.807) is 0 Å². The van der Waals surface area contributed by atoms with Crippen LogP contribution in [0.4, 0.5) is 0 Å². The minimum Gasteiger partial charge on any atom is -0.328 e. The van der Waals surface area contributed by atoms with Crippen molar-refractivity contribution in [3.63, 3.8) is 0 Å². The molecule has 1 aromatic rings. The molecule has 1 heterocycles. The van der Waals surface area contributed by atoms with Gasteiger partial charge < -0.3 is 4.90 Å². The van der Waals surface area contributed by atoms with Crippen molar-refractivity contribution in [3.8, 4) is 6.07 Å². The Hall–Kier alpha value is -0.830. The highest BCUT2D eigenvalue weighted by Crippen LogP contribution is 2.29. The number of carbonyl (C=O) groups is 1. The van der Waals surface area contributed by atoms with Crippen LogP contribution in [0.15, 0.2) is 0 Å². The second-order valence-electron chi connectivity index (χ2n) is 2.44. The van der Waals surface area contributed by atoms with Crippen LogP contribution in [0.5, 0.6) is 0 Å². The summed E-state index contributed by atoms with van der Waals surface area (Å²) in [5, 5.41) is 8.65. The second-order valence-corrected chi connectivity index (χ2v) is 3.95. The van der Waals surface area contributed by atoms with E-state index in [9.17, 15) is 4.79 Å². The maximum Gasteiger partial charge on any atom is 0.267 e. The van der Waals surface area contributed by atoms with Gasteiger partial charge in [0.15, 0.2) is 5.15 Å². The average molecular weight is 250 g/mol. The molecular formula is C7H5Cl2N3OS. The number of halogens is 2. The van der Waals surface area contributed by atoms with E-state index in [2.05, 4.69) is 4.37 Å². The van der Waals surface area contributed by atoms with Crippen molar-refractivity contribution < 1.29 is 4.79 Å². The topological polar surface area (TPSA) is 57.0 Å². The zero-order valence-electron chi connectivity index (χ0n) is 7.12. The molecule has 0 N–H and O–H groups in total. The Bertz CT molecular complexity index is 398. The first-order valence-electron chi connectivity index (χ1n) is 3.51. The summed E-state index contributed by atoms with van der Waals surface area (Å²) in [5.41, 5.74) is 0. The van der Waals surface area contributed by atoms with Crippen LogP contribution in [0.1, 0.15) is 9.67 Å². The SMILES string of the molecule is CN(CC#N)C(=O)c1snc(Cl)c1Cl. The molecule has 14 heavy (non-hydrogen) atoms. The lowest BCUT2D eigenvalue weighted by molar-refractivity contribution is 0.0817. The zero-order valence-corrected chi connectivity index (χ0v) is 9.45. The number of hydrogen-bond donors (Lipinski definition) is 0. The summed E-state index contributed by atoms with van der Waals surface area (Å²) in [5.74, 6) is -0.346. The summed E-state index contributed by atoms with van der Waals surface area (Å²) in [7, 11) is 1.51. The minimum atomic E-state index is -0.346. The van der Waals surface area contributed by atoms with Crippen molar-refractivity contribution in [2.75, 3.05) is 13.6 Å². The molecule has 0 saturated carbocycles. The molecule has 1 aromatic heterocycles. The highest BCUT2D eigenvalue weighted by atomic mass is 35.5. The number of nitrogens with zero attached hydrogens (tertiary/aromatic N) is 3. The molecule has 0 saturated heterocycles. The molecular weight excluding hydrogens is 245 g/mol. The molecule has 1 amide bonds. The molecule has 0 aliphatic rings. The normalized spacial score (nSPS) is 9.57. The smallest absolute Gasteiger partial charge is 0.267 e. The lowest BCUT2D eigenvalue weighted by Gasteiger charge is -2.10. The number of amides is 1. The molecule has 0 atom stereocenters. The van der Waals surface area contributed by atoms with Crippen LogP contribution in [0, 0.1) is 11.3 Å². The predicted octanol–water partition coefficient (Wildman–Crippen LogP) is 2.05. The molecule has 4 nitrogen and oxygen atoms in total. The molecule has 0 unspecified atom stereocenters. The van der Waals surface area contributed by atoms with Gasteiger partial charge in [-0.3, -0.25) is 4.79 Å². The second kappa shape index (κ2) is 4.60. The van der Waals surface area contributed by atoms with E-state index in [1.807, 2.05) is 6.07 Å². The van der Waals surface area contributed by atoms with Crippen molar-refractivity contribution in [1.29, 1.82) is 5.26 Å². The van der Waals surface area contributed by atoms with Crippen LogP contribution >= 0.6 is 34.7 Å². The van der Waals surface area contributed by atoms with Gasteiger partial charge in [-0.1, -0.05) is 23.2 Å². The van der Waals surface area contributed by atoms with Gasteiger partial charge in [0.1, 0.15) is 16.4 Å². The van der Waals surface area contributed by atoms with E-state index in [4.69, 9.17) is 28.5 Å². The van der Waals surface area contributed by atoms with Crippen LogP contribution in [0.3, 0.4) is 0 Å². The van der Waals surface area contributed by atoms with E-state index in [0.29, 0.717) is 0 Å². The monoisotopic (exact) mass is 249 g/mol. The van der Waals surface area contributed by atoms with Gasteiger partial charge in [0.25, 0.3) is 5.91 Å². The third-order valence-electron chi connectivity index (χ3n) is 1.45. The average Bonchev–Trinajstić information content (AvgIpc) is 2.47. The minimum absolute atomic E-state index is 0.00464. The van der Waals surface area contributed by atoms with Crippen LogP contribution in [0.25, 0.3) is 0 Å². The molecule has 0 bridgehead atoms. The highest BCUT2D eigenvalue weighted by Gasteiger charge is 2.20. The molecule has 1 rings (SSSR count). The third kappa shape index (κ3) is 2.15. The number of hydrogen-bond acceptors (Lipinski definition) is 4. The van der Waals surface area contributed by atoms with Gasteiger partial charge in [-0.15, -0.1) is 0 Å². The fraction of sp³-hybridized carbons (Fsp3) is 0.286. The van der Waals surface area contributed by atoms with Gasteiger partial charge in [-0.25, -0.2) is 0 Å². The number of rotatable bonds is 2. The van der Waals surface area contributed by atoms with E-state index in [-0.39, 0.29) is 27.5 Å². The largest absolute Gasteiger partial charge is 0.328 e. The number of nitriles is 1. The molecule has 74 valence electrons. The van der Waals surface area contributed by atoms with Crippen LogP contribution in [0.2, 0.25) is 10.2 Å². The van der Waals surface area contributed by atoms with Crippen molar-refractivity contribution in [1.82, 2.24) is 9.27 Å². The van der Waals surface area contributed by atoms with Gasteiger partial charge in [-0.2, -0.15) is 9.64 Å². The Morgan fingerprint density at radius 1 is 1.71 bits per heavy atom. The Labute approximate surface area is 94.8 Å². The fourth-order valence-corrected chi connectivity index (χ4v) is 1.95. The summed E-state index contributed by atoms with van der Waals surface area (Å²) in [4.78, 5) is 13.1. The third-order valence-corrected chi connectivity index (χ3v) is 3.23. The van der Waals surface area contributed by atoms with Gasteiger partial charge >= 0.3 is 0 Å². The first-order chi connectivity index (χ1) is 6.57. The van der Waals surface area contributed by atoms with Crippen LogP contribution in [-0.4, -0.2) is 28.8 Å². The molecule has 0 aliphatic heterocycles. The van der Waals surface area contributed by atoms with E-state index in [0.717, 1.165) is 11.5 Å². The lowest BCUT2D eigenvalue weighted by Crippen LogP contribution is -2.26. The maximum atomic E-state index is 11.6. The van der Waals surface area contributed by atoms with Crippen molar-refractivity contribution in [2.45, 2.75) is 0 Å². The summed E-state index contributed by atoms with van der Waals surface area (Å²) >= 11 is 12.2.